The third-order valence-electron chi connectivity index (χ3n) is 1.69. The van der Waals surface area contributed by atoms with E-state index in [-0.39, 0.29) is 0 Å². The largest absolute Gasteiger partial charge is 0.336 e. The maximum atomic E-state index is 7.04. The molecule has 0 unspecified atom stereocenters. The molecule has 0 aliphatic rings. The van der Waals surface area contributed by atoms with Gasteiger partial charge in [0.25, 0.3) is 0 Å². The molecule has 0 atom stereocenters. The van der Waals surface area contributed by atoms with E-state index in [9.17, 15) is 0 Å². The summed E-state index contributed by atoms with van der Waals surface area (Å²) in [6.07, 6.45) is 1.31. The van der Waals surface area contributed by atoms with Gasteiger partial charge in [-0.1, -0.05) is 18.2 Å². The first-order valence-electron chi connectivity index (χ1n) is 3.55. The molecule has 0 aliphatic carbocycles. The first-order valence-corrected chi connectivity index (χ1v) is 3.55. The van der Waals surface area contributed by atoms with Crippen LogP contribution >= 0.6 is 0 Å². The van der Waals surface area contributed by atoms with E-state index in [1.807, 2.05) is 38.2 Å². The van der Waals surface area contributed by atoms with E-state index in [2.05, 4.69) is 0 Å². The van der Waals surface area contributed by atoms with Crippen LogP contribution in [0, 0.1) is 12.3 Å². The third kappa shape index (κ3) is 1.58. The zero-order chi connectivity index (χ0) is 8.27. The minimum atomic E-state index is 1.09. The molecule has 0 heterocycles. The van der Waals surface area contributed by atoms with Crippen LogP contribution in [0.2, 0.25) is 0 Å². The average Bonchev–Trinajstić information content (AvgIpc) is 2.04. The Morgan fingerprint density at radius 3 is 2.55 bits per heavy atom. The first-order chi connectivity index (χ1) is 5.25. The molecule has 2 heteroatoms. The van der Waals surface area contributed by atoms with E-state index in [1.165, 1.54) is 11.9 Å². The van der Waals surface area contributed by atoms with E-state index >= 15 is 0 Å². The maximum absolute atomic E-state index is 7.04. The summed E-state index contributed by atoms with van der Waals surface area (Å²) in [6.45, 7) is 2.04. The molecule has 1 aromatic rings. The Kier molecular flexibility index (Phi) is 2.26. The highest BCUT2D eigenvalue weighted by molar-refractivity contribution is 5.77. The molecule has 0 saturated carbocycles. The van der Waals surface area contributed by atoms with Gasteiger partial charge in [0.05, 0.1) is 6.34 Å². The summed E-state index contributed by atoms with van der Waals surface area (Å²) in [5.74, 6) is 0. The number of hydrogen-bond acceptors (Lipinski definition) is 1. The molecule has 0 radical (unpaired) electrons. The highest BCUT2D eigenvalue weighted by Gasteiger charge is 1.98. The minimum absolute atomic E-state index is 1.09. The van der Waals surface area contributed by atoms with Gasteiger partial charge >= 0.3 is 0 Å². The molecule has 0 saturated heterocycles. The number of hydrogen-bond donors (Lipinski definition) is 1. The van der Waals surface area contributed by atoms with Crippen molar-refractivity contribution < 1.29 is 0 Å². The highest BCUT2D eigenvalue weighted by Crippen LogP contribution is 2.15. The molecule has 1 rings (SSSR count). The SMILES string of the molecule is Cc1ccccc1N(C)C=N. The zero-order valence-electron chi connectivity index (χ0n) is 6.83. The van der Waals surface area contributed by atoms with Crippen LogP contribution in [0.1, 0.15) is 5.56 Å². The quantitative estimate of drug-likeness (QED) is 0.504. The van der Waals surface area contributed by atoms with Crippen LogP contribution in [0.25, 0.3) is 0 Å². The van der Waals surface area contributed by atoms with Gasteiger partial charge in [-0.05, 0) is 18.6 Å². The molecule has 0 aromatic heterocycles. The normalized spacial score (nSPS) is 9.27. The molecule has 1 aromatic carbocycles. The summed E-state index contributed by atoms with van der Waals surface area (Å²) in [5.41, 5.74) is 2.28. The molecular formula is C9H12N2. The van der Waals surface area contributed by atoms with Gasteiger partial charge in [0.2, 0.25) is 0 Å². The smallest absolute Gasteiger partial charge is 0.0859 e. The fourth-order valence-corrected chi connectivity index (χ4v) is 1.03. The van der Waals surface area contributed by atoms with Crippen molar-refractivity contribution in [2.75, 3.05) is 11.9 Å². The van der Waals surface area contributed by atoms with Gasteiger partial charge < -0.3 is 4.90 Å². The van der Waals surface area contributed by atoms with Crippen LogP contribution in [0.15, 0.2) is 24.3 Å². The van der Waals surface area contributed by atoms with Crippen molar-refractivity contribution in [1.82, 2.24) is 0 Å². The maximum Gasteiger partial charge on any atom is 0.0859 e. The Morgan fingerprint density at radius 2 is 2.00 bits per heavy atom. The fourth-order valence-electron chi connectivity index (χ4n) is 1.03. The predicted molar refractivity (Wildman–Crippen MR) is 48.4 cm³/mol. The van der Waals surface area contributed by atoms with Gasteiger partial charge in [0.1, 0.15) is 0 Å². The minimum Gasteiger partial charge on any atom is -0.336 e. The summed E-state index contributed by atoms with van der Waals surface area (Å²) in [6, 6.07) is 8.01. The van der Waals surface area contributed by atoms with Gasteiger partial charge in [-0.25, -0.2) is 0 Å². The van der Waals surface area contributed by atoms with Crippen LogP contribution < -0.4 is 4.90 Å². The molecule has 1 N–H and O–H groups in total. The molecule has 0 fully saturated rings. The average molecular weight is 148 g/mol. The second-order valence-corrected chi connectivity index (χ2v) is 2.53. The monoisotopic (exact) mass is 148 g/mol. The Bertz CT molecular complexity index is 255. The lowest BCUT2D eigenvalue weighted by atomic mass is 10.2. The molecule has 58 valence electrons. The van der Waals surface area contributed by atoms with Crippen molar-refractivity contribution in [3.05, 3.63) is 29.8 Å². The van der Waals surface area contributed by atoms with Crippen molar-refractivity contribution in [2.45, 2.75) is 6.92 Å². The van der Waals surface area contributed by atoms with Crippen LogP contribution in [0.5, 0.6) is 0 Å². The van der Waals surface area contributed by atoms with Gasteiger partial charge in [-0.3, -0.25) is 5.41 Å². The number of benzene rings is 1. The van der Waals surface area contributed by atoms with Gasteiger partial charge in [0.15, 0.2) is 0 Å². The molecule has 0 bridgehead atoms. The zero-order valence-corrected chi connectivity index (χ0v) is 6.83. The molecule has 2 nitrogen and oxygen atoms in total. The number of nitrogens with zero attached hydrogens (tertiary/aromatic N) is 1. The van der Waals surface area contributed by atoms with Crippen LogP contribution in [0.4, 0.5) is 5.69 Å². The third-order valence-corrected chi connectivity index (χ3v) is 1.69. The number of para-hydroxylation sites is 1. The number of aryl methyl sites for hydroxylation is 1. The second kappa shape index (κ2) is 3.19. The molecule has 0 aliphatic heterocycles. The fraction of sp³-hybridized carbons (Fsp3) is 0.222. The topological polar surface area (TPSA) is 27.1 Å². The molecule has 0 amide bonds. The summed E-state index contributed by atoms with van der Waals surface area (Å²) >= 11 is 0. The predicted octanol–water partition coefficient (Wildman–Crippen LogP) is 2.04. The van der Waals surface area contributed by atoms with Gasteiger partial charge in [0, 0.05) is 12.7 Å². The van der Waals surface area contributed by atoms with E-state index in [0.717, 1.165) is 5.69 Å². The summed E-state index contributed by atoms with van der Waals surface area (Å²) in [5, 5.41) is 7.04. The van der Waals surface area contributed by atoms with Crippen molar-refractivity contribution in [3.63, 3.8) is 0 Å². The van der Waals surface area contributed by atoms with Crippen LogP contribution in [-0.4, -0.2) is 13.4 Å². The summed E-state index contributed by atoms with van der Waals surface area (Å²) < 4.78 is 0. The van der Waals surface area contributed by atoms with Crippen molar-refractivity contribution >= 4 is 12.0 Å². The number of anilines is 1. The first kappa shape index (κ1) is 7.79. The lowest BCUT2D eigenvalue weighted by Gasteiger charge is -2.14. The van der Waals surface area contributed by atoms with E-state index in [0.29, 0.717) is 0 Å². The lowest BCUT2D eigenvalue weighted by Crippen LogP contribution is -2.14. The Balaban J connectivity index is 3.02. The molecule has 11 heavy (non-hydrogen) atoms. The van der Waals surface area contributed by atoms with Crippen molar-refractivity contribution in [2.24, 2.45) is 0 Å². The number of nitrogens with one attached hydrogen (secondary N) is 1. The Labute approximate surface area is 67.0 Å². The van der Waals surface area contributed by atoms with Crippen LogP contribution in [0.3, 0.4) is 0 Å². The lowest BCUT2D eigenvalue weighted by molar-refractivity contribution is 1.24. The van der Waals surface area contributed by atoms with Gasteiger partial charge in [-0.15, -0.1) is 0 Å². The van der Waals surface area contributed by atoms with Crippen molar-refractivity contribution in [3.8, 4) is 0 Å². The summed E-state index contributed by atoms with van der Waals surface area (Å²) in [7, 11) is 1.87. The standard InChI is InChI=1S/C9H12N2/c1-8-5-3-4-6-9(8)11(2)7-10/h3-7,10H,1-2H3. The van der Waals surface area contributed by atoms with E-state index < -0.39 is 0 Å². The summed E-state index contributed by atoms with van der Waals surface area (Å²) in [4.78, 5) is 1.79. The van der Waals surface area contributed by atoms with E-state index in [1.54, 1.807) is 4.90 Å². The van der Waals surface area contributed by atoms with Gasteiger partial charge in [-0.2, -0.15) is 0 Å². The second-order valence-electron chi connectivity index (χ2n) is 2.53. The molecule has 0 spiro atoms. The Morgan fingerprint density at radius 1 is 1.36 bits per heavy atom. The van der Waals surface area contributed by atoms with Crippen LogP contribution in [-0.2, 0) is 0 Å². The highest BCUT2D eigenvalue weighted by atomic mass is 15.1. The van der Waals surface area contributed by atoms with Crippen molar-refractivity contribution in [1.29, 1.82) is 5.41 Å². The van der Waals surface area contributed by atoms with E-state index in [4.69, 9.17) is 5.41 Å². The number of rotatable bonds is 2. The Hall–Kier alpha value is -1.31. The molecular weight excluding hydrogens is 136 g/mol.